The zero-order valence-corrected chi connectivity index (χ0v) is 13.4. The van der Waals surface area contributed by atoms with Crippen molar-refractivity contribution in [3.8, 4) is 0 Å². The highest BCUT2D eigenvalue weighted by molar-refractivity contribution is 5.91. The van der Waals surface area contributed by atoms with Crippen LogP contribution < -0.4 is 0 Å². The Labute approximate surface area is 126 Å². The number of allylic oxidation sites excluding steroid dienone is 1. The number of quaternary nitrogens is 1. The molecule has 122 valence electrons. The zero-order chi connectivity index (χ0) is 16.7. The molecule has 0 saturated carbocycles. The lowest BCUT2D eigenvalue weighted by atomic mass is 9.89. The second-order valence-electron chi connectivity index (χ2n) is 6.45. The third kappa shape index (κ3) is 8.60. The van der Waals surface area contributed by atoms with E-state index in [1.54, 1.807) is 27.2 Å². The number of Topliss-reactive ketones (excluding diaryl/α,β-unsaturated/α-hetero) is 1. The first kappa shape index (κ1) is 19.8. The van der Waals surface area contributed by atoms with Gasteiger partial charge >= 0.3 is 5.97 Å². The van der Waals surface area contributed by atoms with Gasteiger partial charge in [-0.15, -0.1) is 0 Å². The van der Waals surface area contributed by atoms with Crippen LogP contribution in [0, 0.1) is 0 Å². The van der Waals surface area contributed by atoms with E-state index >= 15 is 0 Å². The third-order valence-electron chi connectivity index (χ3n) is 2.93. The number of likely N-dealkylation sites (N-methyl/N-ethyl adjacent to an activating group) is 1. The number of nitrogens with zero attached hydrogens (tertiary/aromatic N) is 1. The Morgan fingerprint density at radius 2 is 1.81 bits per heavy atom. The summed E-state index contributed by atoms with van der Waals surface area (Å²) in [6, 6.07) is 0. The van der Waals surface area contributed by atoms with Crippen molar-refractivity contribution in [3.63, 3.8) is 0 Å². The summed E-state index contributed by atoms with van der Waals surface area (Å²) in [5, 5.41) is 29.1. The first-order valence-corrected chi connectivity index (χ1v) is 7.11. The first-order chi connectivity index (χ1) is 9.50. The number of hydrogen-bond acceptors (Lipinski definition) is 4. The number of carbonyl (C=O) groups is 2. The van der Waals surface area contributed by atoms with Crippen molar-refractivity contribution >= 4 is 11.8 Å². The summed E-state index contributed by atoms with van der Waals surface area (Å²) in [4.78, 5) is 23.1. The van der Waals surface area contributed by atoms with Gasteiger partial charge in [0.05, 0.1) is 33.7 Å². The molecule has 0 amide bonds. The van der Waals surface area contributed by atoms with Gasteiger partial charge in [-0.05, 0) is 12.8 Å². The summed E-state index contributed by atoms with van der Waals surface area (Å²) in [5.41, 5.74) is -1.96. The molecule has 0 spiro atoms. The highest BCUT2D eigenvalue weighted by atomic mass is 16.4. The Morgan fingerprint density at radius 1 is 1.24 bits per heavy atom. The molecular formula is C15H28NO5+. The number of carboxylic acids is 1. The number of aliphatic hydroxyl groups excluding tert-OH is 1. The standard InChI is InChI=1S/C15H27NO5/c1-5-6-7-8-12(17)9-13(18)15(21,10-14(19)20)11-16(2,3)4/h6-7,12,17,21H,5,8-11H2,1-4H3/p+1/b7-6-. The normalized spacial score (nSPS) is 16.7. The zero-order valence-electron chi connectivity index (χ0n) is 13.4. The molecule has 0 saturated heterocycles. The topological polar surface area (TPSA) is 94.8 Å². The van der Waals surface area contributed by atoms with E-state index in [1.165, 1.54) is 0 Å². The predicted octanol–water partition coefficient (Wildman–Crippen LogP) is 0.575. The molecule has 6 nitrogen and oxygen atoms in total. The molecule has 3 N–H and O–H groups in total. The van der Waals surface area contributed by atoms with Gasteiger partial charge in [0.15, 0.2) is 11.4 Å². The maximum absolute atomic E-state index is 12.2. The molecule has 21 heavy (non-hydrogen) atoms. The van der Waals surface area contributed by atoms with Crippen LogP contribution in [-0.2, 0) is 9.59 Å². The van der Waals surface area contributed by atoms with Crippen molar-refractivity contribution < 1.29 is 29.4 Å². The van der Waals surface area contributed by atoms with Crippen molar-refractivity contribution in [1.82, 2.24) is 0 Å². The molecule has 0 bridgehead atoms. The molecule has 0 aromatic heterocycles. The van der Waals surface area contributed by atoms with Crippen LogP contribution in [0.1, 0.15) is 32.6 Å². The fourth-order valence-electron chi connectivity index (χ4n) is 2.18. The third-order valence-corrected chi connectivity index (χ3v) is 2.93. The Hall–Kier alpha value is -1.24. The molecule has 2 unspecified atom stereocenters. The van der Waals surface area contributed by atoms with E-state index in [4.69, 9.17) is 5.11 Å². The van der Waals surface area contributed by atoms with Crippen molar-refractivity contribution in [2.45, 2.75) is 44.3 Å². The van der Waals surface area contributed by atoms with Crippen LogP contribution in [0.15, 0.2) is 12.2 Å². The van der Waals surface area contributed by atoms with E-state index in [2.05, 4.69) is 0 Å². The number of carbonyl (C=O) groups excluding carboxylic acids is 1. The van der Waals surface area contributed by atoms with Crippen LogP contribution in [0.25, 0.3) is 0 Å². The van der Waals surface area contributed by atoms with Gasteiger partial charge < -0.3 is 19.8 Å². The molecule has 0 radical (unpaired) electrons. The number of ketones is 1. The van der Waals surface area contributed by atoms with E-state index in [0.29, 0.717) is 6.42 Å². The lowest BCUT2D eigenvalue weighted by Gasteiger charge is -2.34. The quantitative estimate of drug-likeness (QED) is 0.405. The Bertz CT molecular complexity index is 386. The second kappa shape index (κ2) is 8.26. The fraction of sp³-hybridized carbons (Fsp3) is 0.733. The number of carboxylic acid groups (broad SMARTS) is 1. The molecular weight excluding hydrogens is 274 g/mol. The van der Waals surface area contributed by atoms with Crippen LogP contribution >= 0.6 is 0 Å². The summed E-state index contributed by atoms with van der Waals surface area (Å²) < 4.78 is 0.251. The maximum atomic E-state index is 12.2. The summed E-state index contributed by atoms with van der Waals surface area (Å²) in [5.74, 6) is -1.87. The van der Waals surface area contributed by atoms with E-state index in [1.807, 2.05) is 13.0 Å². The van der Waals surface area contributed by atoms with Gasteiger partial charge in [0.1, 0.15) is 6.54 Å². The Morgan fingerprint density at radius 3 is 2.24 bits per heavy atom. The van der Waals surface area contributed by atoms with Crippen molar-refractivity contribution in [3.05, 3.63) is 12.2 Å². The summed E-state index contributed by atoms with van der Waals surface area (Å²) >= 11 is 0. The molecule has 0 heterocycles. The molecule has 0 aromatic rings. The smallest absolute Gasteiger partial charge is 0.306 e. The van der Waals surface area contributed by atoms with Gasteiger partial charge in [0, 0.05) is 6.42 Å². The number of rotatable bonds is 10. The van der Waals surface area contributed by atoms with Crippen LogP contribution in [0.3, 0.4) is 0 Å². The number of aliphatic carboxylic acids is 1. The predicted molar refractivity (Wildman–Crippen MR) is 79.8 cm³/mol. The van der Waals surface area contributed by atoms with Crippen LogP contribution in [0.5, 0.6) is 0 Å². The monoisotopic (exact) mass is 302 g/mol. The molecule has 0 aliphatic rings. The molecule has 0 aliphatic heterocycles. The SMILES string of the molecule is CC/C=C\CC(O)CC(=O)C(O)(CC(=O)O)C[N+](C)(C)C. The van der Waals surface area contributed by atoms with Crippen LogP contribution in [-0.4, -0.2) is 70.9 Å². The lowest BCUT2D eigenvalue weighted by molar-refractivity contribution is -0.875. The van der Waals surface area contributed by atoms with Gasteiger partial charge in [0.2, 0.25) is 0 Å². The fourth-order valence-corrected chi connectivity index (χ4v) is 2.18. The van der Waals surface area contributed by atoms with Gasteiger partial charge in [-0.2, -0.15) is 0 Å². The first-order valence-electron chi connectivity index (χ1n) is 7.11. The van der Waals surface area contributed by atoms with E-state index in [0.717, 1.165) is 6.42 Å². The van der Waals surface area contributed by atoms with Crippen molar-refractivity contribution in [2.24, 2.45) is 0 Å². The average Bonchev–Trinajstić information content (AvgIpc) is 2.25. The summed E-state index contributed by atoms with van der Waals surface area (Å²) in [7, 11) is 5.29. The molecule has 0 aromatic carbocycles. The van der Waals surface area contributed by atoms with Crippen LogP contribution in [0.2, 0.25) is 0 Å². The van der Waals surface area contributed by atoms with E-state index < -0.39 is 29.9 Å². The van der Waals surface area contributed by atoms with Crippen molar-refractivity contribution in [2.75, 3.05) is 27.7 Å². The van der Waals surface area contributed by atoms with E-state index in [9.17, 15) is 19.8 Å². The largest absolute Gasteiger partial charge is 0.481 e. The van der Waals surface area contributed by atoms with Crippen LogP contribution in [0.4, 0.5) is 0 Å². The molecule has 6 heteroatoms. The van der Waals surface area contributed by atoms with Crippen molar-refractivity contribution in [1.29, 1.82) is 0 Å². The minimum atomic E-state index is -1.96. The van der Waals surface area contributed by atoms with Gasteiger partial charge in [-0.3, -0.25) is 9.59 Å². The highest BCUT2D eigenvalue weighted by Gasteiger charge is 2.43. The van der Waals surface area contributed by atoms with Gasteiger partial charge in [0.25, 0.3) is 0 Å². The molecule has 0 rings (SSSR count). The maximum Gasteiger partial charge on any atom is 0.306 e. The minimum absolute atomic E-state index is 0.0182. The molecule has 0 fully saturated rings. The Kier molecular flexibility index (Phi) is 7.78. The summed E-state index contributed by atoms with van der Waals surface area (Å²) in [6.07, 6.45) is 2.99. The van der Waals surface area contributed by atoms with E-state index in [-0.39, 0.29) is 17.4 Å². The Balaban J connectivity index is 4.87. The minimum Gasteiger partial charge on any atom is -0.481 e. The highest BCUT2D eigenvalue weighted by Crippen LogP contribution is 2.19. The van der Waals surface area contributed by atoms with Gasteiger partial charge in [-0.1, -0.05) is 19.1 Å². The summed E-state index contributed by atoms with van der Waals surface area (Å²) in [6.45, 7) is 1.94. The lowest BCUT2D eigenvalue weighted by Crippen LogP contribution is -2.55. The number of aliphatic hydroxyl groups is 2. The van der Waals surface area contributed by atoms with Gasteiger partial charge in [-0.25, -0.2) is 0 Å². The molecule has 2 atom stereocenters. The second-order valence-corrected chi connectivity index (χ2v) is 6.45. The number of hydrogen-bond donors (Lipinski definition) is 3. The molecule has 0 aliphatic carbocycles. The average molecular weight is 302 g/mol.